The van der Waals surface area contributed by atoms with Gasteiger partial charge < -0.3 is 4.42 Å². The summed E-state index contributed by atoms with van der Waals surface area (Å²) in [5, 5.41) is 0.0864. The predicted molar refractivity (Wildman–Crippen MR) is 99.6 cm³/mol. The molecule has 0 saturated heterocycles. The molecule has 1 atom stereocenters. The Morgan fingerprint density at radius 1 is 1.04 bits per heavy atom. The molecule has 1 amide bonds. The van der Waals surface area contributed by atoms with E-state index in [-0.39, 0.29) is 22.3 Å². The second kappa shape index (κ2) is 6.09. The maximum atomic E-state index is 13.7. The average Bonchev–Trinajstić information content (AvgIpc) is 3.03. The molecule has 0 radical (unpaired) electrons. The average molecular weight is 373 g/mol. The van der Waals surface area contributed by atoms with Crippen LogP contribution in [0.4, 0.5) is 10.2 Å². The van der Waals surface area contributed by atoms with Crippen LogP contribution in [0, 0.1) is 5.82 Å². The van der Waals surface area contributed by atoms with Gasteiger partial charge in [-0.05, 0) is 42.0 Å². The summed E-state index contributed by atoms with van der Waals surface area (Å²) in [5.74, 6) is -0.722. The van der Waals surface area contributed by atoms with Crippen molar-refractivity contribution in [2.75, 3.05) is 4.90 Å². The summed E-state index contributed by atoms with van der Waals surface area (Å²) in [5.41, 5.74) is 0.493. The minimum absolute atomic E-state index is 0.0661. The summed E-state index contributed by atoms with van der Waals surface area (Å²) < 4.78 is 19.5. The number of amides is 1. The molecular formula is C21H12FN3O3. The van der Waals surface area contributed by atoms with Crippen molar-refractivity contribution >= 4 is 22.7 Å². The molecule has 4 aromatic rings. The molecule has 0 unspecified atom stereocenters. The number of hydrogen-bond donors (Lipinski definition) is 0. The summed E-state index contributed by atoms with van der Waals surface area (Å²) in [6.45, 7) is 0. The Morgan fingerprint density at radius 3 is 2.68 bits per heavy atom. The van der Waals surface area contributed by atoms with Gasteiger partial charge in [-0.3, -0.25) is 19.5 Å². The third-order valence-corrected chi connectivity index (χ3v) is 4.73. The SMILES string of the molecule is O=C1c2oc3ccc(F)cc3c(=O)c2[C@H](c2cccnc2)N1c1ccccn1. The molecule has 136 valence electrons. The topological polar surface area (TPSA) is 76.3 Å². The number of anilines is 1. The van der Waals surface area contributed by atoms with Crippen molar-refractivity contribution in [3.63, 3.8) is 0 Å². The summed E-state index contributed by atoms with van der Waals surface area (Å²) in [7, 11) is 0. The van der Waals surface area contributed by atoms with Crippen LogP contribution in [0.25, 0.3) is 11.0 Å². The van der Waals surface area contributed by atoms with Gasteiger partial charge in [-0.15, -0.1) is 0 Å². The highest BCUT2D eigenvalue weighted by molar-refractivity contribution is 6.10. The molecule has 1 aliphatic heterocycles. The highest BCUT2D eigenvalue weighted by Crippen LogP contribution is 2.40. The van der Waals surface area contributed by atoms with Crippen LogP contribution in [-0.4, -0.2) is 15.9 Å². The third-order valence-electron chi connectivity index (χ3n) is 4.73. The Balaban J connectivity index is 1.84. The van der Waals surface area contributed by atoms with E-state index < -0.39 is 23.2 Å². The van der Waals surface area contributed by atoms with Crippen molar-refractivity contribution in [3.05, 3.63) is 100 Å². The molecular weight excluding hydrogens is 361 g/mol. The molecule has 0 N–H and O–H groups in total. The minimum Gasteiger partial charge on any atom is -0.450 e. The van der Waals surface area contributed by atoms with Crippen molar-refractivity contribution < 1.29 is 13.6 Å². The second-order valence-electron chi connectivity index (χ2n) is 6.37. The van der Waals surface area contributed by atoms with Crippen LogP contribution in [0.3, 0.4) is 0 Å². The van der Waals surface area contributed by atoms with Gasteiger partial charge >= 0.3 is 0 Å². The Morgan fingerprint density at radius 2 is 1.93 bits per heavy atom. The maximum Gasteiger partial charge on any atom is 0.296 e. The Kier molecular flexibility index (Phi) is 3.55. The van der Waals surface area contributed by atoms with Crippen molar-refractivity contribution in [3.8, 4) is 0 Å². The molecule has 0 fully saturated rings. The highest BCUT2D eigenvalue weighted by atomic mass is 19.1. The van der Waals surface area contributed by atoms with Gasteiger partial charge in [-0.2, -0.15) is 0 Å². The van der Waals surface area contributed by atoms with Crippen molar-refractivity contribution in [1.29, 1.82) is 0 Å². The van der Waals surface area contributed by atoms with Crippen molar-refractivity contribution in [2.45, 2.75) is 6.04 Å². The zero-order valence-electron chi connectivity index (χ0n) is 14.4. The van der Waals surface area contributed by atoms with Crippen LogP contribution in [0.2, 0.25) is 0 Å². The molecule has 1 aliphatic rings. The van der Waals surface area contributed by atoms with E-state index in [0.29, 0.717) is 11.4 Å². The molecule has 0 bridgehead atoms. The highest BCUT2D eigenvalue weighted by Gasteiger charge is 2.44. The van der Waals surface area contributed by atoms with Gasteiger partial charge in [-0.25, -0.2) is 9.37 Å². The first-order valence-corrected chi connectivity index (χ1v) is 8.56. The van der Waals surface area contributed by atoms with Gasteiger partial charge in [0.1, 0.15) is 17.2 Å². The Hall–Kier alpha value is -3.87. The smallest absolute Gasteiger partial charge is 0.296 e. The van der Waals surface area contributed by atoms with Gasteiger partial charge in [0, 0.05) is 18.6 Å². The number of rotatable bonds is 2. The molecule has 6 nitrogen and oxygen atoms in total. The van der Waals surface area contributed by atoms with Crippen molar-refractivity contribution in [2.24, 2.45) is 0 Å². The number of aromatic nitrogens is 2. The number of carbonyl (C=O) groups excluding carboxylic acids is 1. The zero-order valence-corrected chi connectivity index (χ0v) is 14.4. The fourth-order valence-corrected chi connectivity index (χ4v) is 3.53. The van der Waals surface area contributed by atoms with Crippen molar-refractivity contribution in [1.82, 2.24) is 9.97 Å². The summed E-state index contributed by atoms with van der Waals surface area (Å²) in [4.78, 5) is 36.2. The number of nitrogens with zero attached hydrogens (tertiary/aromatic N) is 3. The Bertz CT molecular complexity index is 1270. The largest absolute Gasteiger partial charge is 0.450 e. The molecule has 7 heteroatoms. The fourth-order valence-electron chi connectivity index (χ4n) is 3.53. The molecule has 0 saturated carbocycles. The fraction of sp³-hybridized carbons (Fsp3) is 0.0476. The van der Waals surface area contributed by atoms with E-state index >= 15 is 0 Å². The lowest BCUT2D eigenvalue weighted by molar-refractivity contribution is 0.0970. The predicted octanol–water partition coefficient (Wildman–Crippen LogP) is 3.47. The second-order valence-corrected chi connectivity index (χ2v) is 6.37. The number of hydrogen-bond acceptors (Lipinski definition) is 5. The number of halogens is 1. The first-order valence-electron chi connectivity index (χ1n) is 8.56. The van der Waals surface area contributed by atoms with Gasteiger partial charge in [0.25, 0.3) is 5.91 Å². The van der Waals surface area contributed by atoms with E-state index in [1.165, 1.54) is 17.0 Å². The van der Waals surface area contributed by atoms with E-state index in [4.69, 9.17) is 4.42 Å². The zero-order chi connectivity index (χ0) is 19.3. The lowest BCUT2D eigenvalue weighted by atomic mass is 10.00. The lowest BCUT2D eigenvalue weighted by Crippen LogP contribution is -2.30. The number of benzene rings is 1. The van der Waals surface area contributed by atoms with Gasteiger partial charge in [0.2, 0.25) is 5.76 Å². The lowest BCUT2D eigenvalue weighted by Gasteiger charge is -2.23. The third kappa shape index (κ3) is 2.33. The Labute approximate surface area is 157 Å². The normalized spacial score (nSPS) is 15.8. The molecule has 0 aliphatic carbocycles. The van der Waals surface area contributed by atoms with Crippen LogP contribution in [-0.2, 0) is 0 Å². The first-order chi connectivity index (χ1) is 13.6. The van der Waals surface area contributed by atoms with E-state index in [1.807, 2.05) is 0 Å². The quantitative estimate of drug-likeness (QED) is 0.538. The summed E-state index contributed by atoms with van der Waals surface area (Å²) >= 11 is 0. The summed E-state index contributed by atoms with van der Waals surface area (Å²) in [6, 6.07) is 11.5. The molecule has 1 aromatic carbocycles. The van der Waals surface area contributed by atoms with Crippen LogP contribution in [0.15, 0.2) is 76.3 Å². The number of carbonyl (C=O) groups is 1. The minimum atomic E-state index is -0.769. The van der Waals surface area contributed by atoms with E-state index in [1.54, 1.807) is 48.9 Å². The van der Waals surface area contributed by atoms with E-state index in [2.05, 4.69) is 9.97 Å². The van der Waals surface area contributed by atoms with Gasteiger partial charge in [0.05, 0.1) is 17.0 Å². The molecule has 3 aromatic heterocycles. The molecule has 28 heavy (non-hydrogen) atoms. The van der Waals surface area contributed by atoms with Gasteiger partial charge in [-0.1, -0.05) is 12.1 Å². The van der Waals surface area contributed by atoms with E-state index in [0.717, 1.165) is 6.07 Å². The molecule has 0 spiro atoms. The van der Waals surface area contributed by atoms with Crippen LogP contribution < -0.4 is 10.3 Å². The van der Waals surface area contributed by atoms with Crippen LogP contribution >= 0.6 is 0 Å². The first kappa shape index (κ1) is 16.3. The van der Waals surface area contributed by atoms with E-state index in [9.17, 15) is 14.0 Å². The monoisotopic (exact) mass is 373 g/mol. The van der Waals surface area contributed by atoms with Crippen LogP contribution in [0.5, 0.6) is 0 Å². The summed E-state index contributed by atoms with van der Waals surface area (Å²) in [6.07, 6.45) is 4.75. The van der Waals surface area contributed by atoms with Crippen LogP contribution in [0.1, 0.15) is 27.7 Å². The molecule has 5 rings (SSSR count). The number of fused-ring (bicyclic) bond motifs is 2. The standard InChI is InChI=1S/C21H12FN3O3/c22-13-6-7-15-14(10-13)19(26)17-18(12-4-3-8-23-11-12)25(21(27)20(17)28-15)16-5-1-2-9-24-16/h1-11,18H/t18-/m0/s1. The maximum absolute atomic E-state index is 13.7. The number of pyridine rings is 2. The molecule has 4 heterocycles. The van der Waals surface area contributed by atoms with Gasteiger partial charge in [0.15, 0.2) is 5.43 Å².